The summed E-state index contributed by atoms with van der Waals surface area (Å²) in [5.41, 5.74) is 0. The summed E-state index contributed by atoms with van der Waals surface area (Å²) in [5, 5.41) is 0. The summed E-state index contributed by atoms with van der Waals surface area (Å²) in [6.07, 6.45) is 21.9. The highest BCUT2D eigenvalue weighted by Gasteiger charge is 2.21. The summed E-state index contributed by atoms with van der Waals surface area (Å²) in [6.45, 7) is 5.53. The highest BCUT2D eigenvalue weighted by atomic mass is 16.5. The molecule has 0 aromatic carbocycles. The number of unbranched alkanes of at least 4 members (excludes halogenated alkanes) is 2. The predicted molar refractivity (Wildman–Crippen MR) is 96.1 cm³/mol. The monoisotopic (exact) mass is 306 g/mol. The van der Waals surface area contributed by atoms with E-state index in [1.807, 2.05) is 0 Å². The second-order valence-electron chi connectivity index (χ2n) is 7.92. The third kappa shape index (κ3) is 6.86. The summed E-state index contributed by atoms with van der Waals surface area (Å²) in [5.74, 6) is 2.77. The molecule has 2 fully saturated rings. The van der Waals surface area contributed by atoms with Crippen LogP contribution in [-0.4, -0.2) is 12.7 Å². The molecule has 0 unspecified atom stereocenters. The van der Waals surface area contributed by atoms with Gasteiger partial charge in [0.2, 0.25) is 0 Å². The molecule has 0 spiro atoms. The average Bonchev–Trinajstić information content (AvgIpc) is 2.55. The Morgan fingerprint density at radius 1 is 0.909 bits per heavy atom. The summed E-state index contributed by atoms with van der Waals surface area (Å²) < 4.78 is 6.08. The molecule has 2 aliphatic rings. The van der Waals surface area contributed by atoms with Crippen molar-refractivity contribution in [2.24, 2.45) is 17.8 Å². The van der Waals surface area contributed by atoms with Gasteiger partial charge in [-0.15, -0.1) is 0 Å². The van der Waals surface area contributed by atoms with Crippen molar-refractivity contribution in [2.45, 2.75) is 97.0 Å². The molecule has 0 atom stereocenters. The Labute approximate surface area is 138 Å². The minimum Gasteiger partial charge on any atom is -0.374 e. The van der Waals surface area contributed by atoms with Crippen LogP contribution in [-0.2, 0) is 4.74 Å². The molecule has 2 rings (SSSR count). The summed E-state index contributed by atoms with van der Waals surface area (Å²) in [7, 11) is 0. The molecule has 2 aliphatic carbocycles. The summed E-state index contributed by atoms with van der Waals surface area (Å²) >= 11 is 0. The molecule has 0 bridgehead atoms. The Morgan fingerprint density at radius 2 is 1.64 bits per heavy atom. The quantitative estimate of drug-likeness (QED) is 0.366. The average molecular weight is 307 g/mol. The SMILES string of the molecule is CCCCCC1CCC(OC/C=C/C2CCC(C)CC2)CC1. The van der Waals surface area contributed by atoms with E-state index in [0.29, 0.717) is 6.10 Å². The van der Waals surface area contributed by atoms with Gasteiger partial charge >= 0.3 is 0 Å². The predicted octanol–water partition coefficient (Wildman–Crippen LogP) is 6.52. The first-order chi connectivity index (χ1) is 10.8. The Balaban J connectivity index is 1.51. The van der Waals surface area contributed by atoms with Gasteiger partial charge in [-0.3, -0.25) is 0 Å². The Kier molecular flexibility index (Phi) is 8.59. The molecular weight excluding hydrogens is 268 g/mol. The summed E-state index contributed by atoms with van der Waals surface area (Å²) in [6, 6.07) is 0. The van der Waals surface area contributed by atoms with Crippen LogP contribution in [0.25, 0.3) is 0 Å². The molecule has 0 N–H and O–H groups in total. The molecule has 0 saturated heterocycles. The van der Waals surface area contributed by atoms with E-state index in [1.54, 1.807) is 0 Å². The highest BCUT2D eigenvalue weighted by Crippen LogP contribution is 2.30. The molecule has 128 valence electrons. The maximum atomic E-state index is 6.08. The zero-order valence-corrected chi connectivity index (χ0v) is 15.1. The minimum absolute atomic E-state index is 0.540. The lowest BCUT2D eigenvalue weighted by Crippen LogP contribution is -2.21. The first-order valence-corrected chi connectivity index (χ1v) is 10.1. The van der Waals surface area contributed by atoms with Gasteiger partial charge in [0.1, 0.15) is 0 Å². The van der Waals surface area contributed by atoms with Gasteiger partial charge in [0.15, 0.2) is 0 Å². The van der Waals surface area contributed by atoms with Gasteiger partial charge in [0, 0.05) is 0 Å². The molecule has 1 heteroatoms. The lowest BCUT2D eigenvalue weighted by atomic mass is 9.83. The summed E-state index contributed by atoms with van der Waals surface area (Å²) in [4.78, 5) is 0. The lowest BCUT2D eigenvalue weighted by molar-refractivity contribution is 0.0331. The third-order valence-corrected chi connectivity index (χ3v) is 5.91. The van der Waals surface area contributed by atoms with Crippen LogP contribution < -0.4 is 0 Å². The zero-order chi connectivity index (χ0) is 15.6. The number of hydrogen-bond acceptors (Lipinski definition) is 1. The zero-order valence-electron chi connectivity index (χ0n) is 15.1. The van der Waals surface area contributed by atoms with Gasteiger partial charge in [-0.25, -0.2) is 0 Å². The molecule has 0 amide bonds. The molecule has 0 heterocycles. The largest absolute Gasteiger partial charge is 0.374 e. The van der Waals surface area contributed by atoms with Crippen LogP contribution >= 0.6 is 0 Å². The highest BCUT2D eigenvalue weighted by molar-refractivity contribution is 4.91. The third-order valence-electron chi connectivity index (χ3n) is 5.91. The first-order valence-electron chi connectivity index (χ1n) is 10.1. The van der Waals surface area contributed by atoms with Crippen LogP contribution in [0, 0.1) is 17.8 Å². The van der Waals surface area contributed by atoms with E-state index in [9.17, 15) is 0 Å². The van der Waals surface area contributed by atoms with Crippen molar-refractivity contribution in [2.75, 3.05) is 6.61 Å². The van der Waals surface area contributed by atoms with Crippen LogP contribution in [0.1, 0.15) is 90.9 Å². The van der Waals surface area contributed by atoms with Crippen molar-refractivity contribution in [1.29, 1.82) is 0 Å². The number of ether oxygens (including phenoxy) is 1. The first kappa shape index (κ1) is 18.0. The van der Waals surface area contributed by atoms with Gasteiger partial charge in [0.05, 0.1) is 12.7 Å². The fourth-order valence-electron chi connectivity index (χ4n) is 4.19. The van der Waals surface area contributed by atoms with Crippen LogP contribution in [0.15, 0.2) is 12.2 Å². The number of rotatable bonds is 8. The van der Waals surface area contributed by atoms with Crippen molar-refractivity contribution in [1.82, 2.24) is 0 Å². The van der Waals surface area contributed by atoms with E-state index in [0.717, 1.165) is 24.4 Å². The second kappa shape index (κ2) is 10.5. The van der Waals surface area contributed by atoms with E-state index < -0.39 is 0 Å². The fraction of sp³-hybridized carbons (Fsp3) is 0.905. The van der Waals surface area contributed by atoms with E-state index >= 15 is 0 Å². The Hall–Kier alpha value is -0.300. The van der Waals surface area contributed by atoms with Crippen molar-refractivity contribution >= 4 is 0 Å². The normalized spacial score (nSPS) is 33.4. The van der Waals surface area contributed by atoms with Crippen LogP contribution in [0.3, 0.4) is 0 Å². The molecule has 0 aromatic heterocycles. The smallest absolute Gasteiger partial charge is 0.0651 e. The molecule has 0 radical (unpaired) electrons. The maximum Gasteiger partial charge on any atom is 0.0651 e. The number of allylic oxidation sites excluding steroid dienone is 1. The van der Waals surface area contributed by atoms with Crippen molar-refractivity contribution in [3.63, 3.8) is 0 Å². The van der Waals surface area contributed by atoms with E-state index in [1.165, 1.54) is 77.0 Å². The number of hydrogen-bond donors (Lipinski definition) is 0. The molecule has 0 aromatic rings. The maximum absolute atomic E-state index is 6.08. The van der Waals surface area contributed by atoms with E-state index in [2.05, 4.69) is 26.0 Å². The van der Waals surface area contributed by atoms with Crippen LogP contribution in [0.5, 0.6) is 0 Å². The molecule has 2 saturated carbocycles. The Bertz CT molecular complexity index is 293. The van der Waals surface area contributed by atoms with Gasteiger partial charge in [0.25, 0.3) is 0 Å². The molecule has 1 nitrogen and oxygen atoms in total. The van der Waals surface area contributed by atoms with Gasteiger partial charge in [-0.2, -0.15) is 0 Å². The second-order valence-corrected chi connectivity index (χ2v) is 7.92. The minimum atomic E-state index is 0.540. The van der Waals surface area contributed by atoms with Gasteiger partial charge in [-0.05, 0) is 56.3 Å². The van der Waals surface area contributed by atoms with E-state index in [4.69, 9.17) is 4.74 Å². The van der Waals surface area contributed by atoms with Crippen LogP contribution in [0.2, 0.25) is 0 Å². The lowest BCUT2D eigenvalue weighted by Gasteiger charge is -2.28. The standard InChI is InChI=1S/C21H38O/c1-3-4-5-7-19-13-15-21(16-14-19)22-17-6-8-20-11-9-18(2)10-12-20/h6,8,18-21H,3-5,7,9-17H2,1-2H3/b8-6+. The van der Waals surface area contributed by atoms with Gasteiger partial charge in [-0.1, -0.05) is 64.5 Å². The van der Waals surface area contributed by atoms with Gasteiger partial charge < -0.3 is 4.74 Å². The molecule has 22 heavy (non-hydrogen) atoms. The van der Waals surface area contributed by atoms with Crippen LogP contribution in [0.4, 0.5) is 0 Å². The van der Waals surface area contributed by atoms with Crippen molar-refractivity contribution in [3.05, 3.63) is 12.2 Å². The van der Waals surface area contributed by atoms with Crippen molar-refractivity contribution < 1.29 is 4.74 Å². The Morgan fingerprint density at radius 3 is 2.32 bits per heavy atom. The topological polar surface area (TPSA) is 9.23 Å². The van der Waals surface area contributed by atoms with Crippen molar-refractivity contribution in [3.8, 4) is 0 Å². The van der Waals surface area contributed by atoms with E-state index in [-0.39, 0.29) is 0 Å². The molecule has 0 aliphatic heterocycles. The molecular formula is C21H38O. The fourth-order valence-corrected chi connectivity index (χ4v) is 4.19.